The fraction of sp³-hybridized carbons (Fsp3) is 0.100. The number of nitrogens with zero attached hydrogens (tertiary/aromatic N) is 1. The third-order valence-electron chi connectivity index (χ3n) is 13.3. The van der Waals surface area contributed by atoms with Crippen molar-refractivity contribution in [3.63, 3.8) is 0 Å². The molecule has 1 heteroatoms. The van der Waals surface area contributed by atoms with Crippen molar-refractivity contribution in [3.8, 4) is 50.2 Å². The van der Waals surface area contributed by atoms with Crippen LogP contribution in [0.25, 0.3) is 72.0 Å². The van der Waals surface area contributed by atoms with Crippen LogP contribution in [0.15, 0.2) is 218 Å². The highest BCUT2D eigenvalue weighted by Gasteiger charge is 2.35. The summed E-state index contributed by atoms with van der Waals surface area (Å²) in [5, 5.41) is 2.55. The van der Waals surface area contributed by atoms with E-state index in [4.69, 9.17) is 0 Å². The van der Waals surface area contributed by atoms with E-state index >= 15 is 0 Å². The van der Waals surface area contributed by atoms with Gasteiger partial charge in [-0.2, -0.15) is 0 Å². The molecule has 1 aliphatic rings. The molecule has 0 saturated heterocycles. The minimum atomic E-state index is -0.0531. The minimum Gasteiger partial charge on any atom is -0.309 e. The normalized spacial score (nSPS) is 13.3. The molecule has 1 aromatic heterocycles. The molecule has 0 bridgehead atoms. The van der Waals surface area contributed by atoms with Crippen molar-refractivity contribution in [2.45, 2.75) is 38.0 Å². The molecule has 0 amide bonds. The number of hydrogen-bond acceptors (Lipinski definition) is 0. The second-order valence-corrected chi connectivity index (χ2v) is 17.2. The highest BCUT2D eigenvalue weighted by atomic mass is 15.0. The molecule has 1 aliphatic carbocycles. The molecule has 1 atom stereocenters. The summed E-state index contributed by atoms with van der Waals surface area (Å²) in [4.78, 5) is 0. The van der Waals surface area contributed by atoms with Gasteiger partial charge in [0.05, 0.1) is 11.0 Å². The average molecular weight is 782 g/mol. The average Bonchev–Trinajstić information content (AvgIpc) is 3.77. The van der Waals surface area contributed by atoms with Gasteiger partial charge in [-0.25, -0.2) is 0 Å². The number of benzene rings is 9. The van der Waals surface area contributed by atoms with Crippen molar-refractivity contribution in [1.82, 2.24) is 4.57 Å². The van der Waals surface area contributed by atoms with E-state index < -0.39 is 0 Å². The quantitative estimate of drug-likeness (QED) is 0.137. The number of aromatic nitrogens is 1. The Bertz CT molecular complexity index is 3190. The third kappa shape index (κ3) is 6.49. The first-order valence-corrected chi connectivity index (χ1v) is 21.7. The predicted molar refractivity (Wildman–Crippen MR) is 258 cm³/mol. The Kier molecular flexibility index (Phi) is 9.12. The molecule has 11 rings (SSSR count). The van der Waals surface area contributed by atoms with Gasteiger partial charge in [-0.05, 0) is 122 Å². The first kappa shape index (κ1) is 36.8. The summed E-state index contributed by atoms with van der Waals surface area (Å²) in [5.41, 5.74) is 20.8. The molecule has 61 heavy (non-hydrogen) atoms. The Morgan fingerprint density at radius 3 is 1.79 bits per heavy atom. The highest BCUT2D eigenvalue weighted by molar-refractivity contribution is 6.10. The fourth-order valence-corrected chi connectivity index (χ4v) is 10.2. The Balaban J connectivity index is 0.927. The molecular formula is C60H47N. The Hall–Kier alpha value is -7.22. The van der Waals surface area contributed by atoms with Crippen molar-refractivity contribution in [2.24, 2.45) is 0 Å². The third-order valence-corrected chi connectivity index (χ3v) is 13.3. The van der Waals surface area contributed by atoms with E-state index in [1.54, 1.807) is 0 Å². The number of rotatable bonds is 9. The maximum Gasteiger partial charge on any atom is 0.0541 e. The van der Waals surface area contributed by atoms with Crippen LogP contribution >= 0.6 is 0 Å². The molecular weight excluding hydrogens is 735 g/mol. The Labute approximate surface area is 359 Å². The second-order valence-electron chi connectivity index (χ2n) is 17.2. The highest BCUT2D eigenvalue weighted by Crippen LogP contribution is 2.50. The molecule has 10 aromatic rings. The summed E-state index contributed by atoms with van der Waals surface area (Å²) in [5.74, 6) is 0.212. The van der Waals surface area contributed by atoms with Crippen LogP contribution in [0.4, 0.5) is 0 Å². The predicted octanol–water partition coefficient (Wildman–Crippen LogP) is 15.9. The maximum atomic E-state index is 2.47. The zero-order valence-corrected chi connectivity index (χ0v) is 34.7. The Morgan fingerprint density at radius 2 is 0.984 bits per heavy atom. The molecule has 1 heterocycles. The van der Waals surface area contributed by atoms with E-state index in [0.717, 1.165) is 12.8 Å². The number of para-hydroxylation sites is 2. The van der Waals surface area contributed by atoms with Crippen molar-refractivity contribution < 1.29 is 0 Å². The van der Waals surface area contributed by atoms with Gasteiger partial charge in [0.15, 0.2) is 0 Å². The topological polar surface area (TPSA) is 4.93 Å². The van der Waals surface area contributed by atoms with Gasteiger partial charge in [-0.15, -0.1) is 0 Å². The minimum absolute atomic E-state index is 0.0531. The summed E-state index contributed by atoms with van der Waals surface area (Å²) in [7, 11) is 0. The summed E-state index contributed by atoms with van der Waals surface area (Å²) in [6.07, 6.45) is 1.96. The van der Waals surface area contributed by atoms with Gasteiger partial charge in [-0.1, -0.05) is 196 Å². The molecule has 1 nitrogen and oxygen atoms in total. The summed E-state index contributed by atoms with van der Waals surface area (Å²) in [6.45, 7) is 4.75. The van der Waals surface area contributed by atoms with Gasteiger partial charge in [0.2, 0.25) is 0 Å². The first-order chi connectivity index (χ1) is 30.0. The van der Waals surface area contributed by atoms with Gasteiger partial charge in [0, 0.05) is 27.8 Å². The van der Waals surface area contributed by atoms with Gasteiger partial charge in [0.1, 0.15) is 0 Å². The molecule has 0 N–H and O–H groups in total. The van der Waals surface area contributed by atoms with Gasteiger partial charge in [-0.3, -0.25) is 0 Å². The van der Waals surface area contributed by atoms with E-state index in [9.17, 15) is 0 Å². The first-order valence-electron chi connectivity index (χ1n) is 21.7. The lowest BCUT2D eigenvalue weighted by molar-refractivity contribution is 0.660. The standard InChI is InChI=1S/C60H47N/c1-60(2)56-23-13-11-21-52(56)53-37-34-47(40-57(53)60)49-19-9-10-20-51(49)50(45-32-30-43(31-33-45)42-15-5-3-6-16-42)36-27-41-25-28-44(29-26-41)46-35-38-59-55(39-46)54-22-12-14-24-58(54)61(59)48-17-7-4-8-18-48/h3-26,28-35,37-40,50H,27,36H2,1-2H3. The van der Waals surface area contributed by atoms with Crippen molar-refractivity contribution in [3.05, 3.63) is 246 Å². The molecule has 0 radical (unpaired) electrons. The summed E-state index contributed by atoms with van der Waals surface area (Å²) < 4.78 is 2.38. The zero-order valence-electron chi connectivity index (χ0n) is 34.7. The van der Waals surface area contributed by atoms with Crippen molar-refractivity contribution >= 4 is 21.8 Å². The van der Waals surface area contributed by atoms with E-state index in [1.807, 2.05) is 0 Å². The molecule has 0 aliphatic heterocycles. The number of hydrogen-bond donors (Lipinski definition) is 0. The maximum absolute atomic E-state index is 2.47. The lowest BCUT2D eigenvalue weighted by Gasteiger charge is -2.24. The van der Waals surface area contributed by atoms with Crippen molar-refractivity contribution in [2.75, 3.05) is 0 Å². The molecule has 0 spiro atoms. The summed E-state index contributed by atoms with van der Waals surface area (Å²) >= 11 is 0. The van der Waals surface area contributed by atoms with Crippen LogP contribution in [0.1, 0.15) is 54.0 Å². The zero-order chi connectivity index (χ0) is 40.9. The van der Waals surface area contributed by atoms with Crippen LogP contribution in [0.5, 0.6) is 0 Å². The van der Waals surface area contributed by atoms with E-state index in [0.29, 0.717) is 0 Å². The number of fused-ring (bicyclic) bond motifs is 6. The van der Waals surface area contributed by atoms with Crippen LogP contribution in [0.3, 0.4) is 0 Å². The van der Waals surface area contributed by atoms with E-state index in [-0.39, 0.29) is 11.3 Å². The van der Waals surface area contributed by atoms with Gasteiger partial charge >= 0.3 is 0 Å². The van der Waals surface area contributed by atoms with Crippen LogP contribution < -0.4 is 0 Å². The largest absolute Gasteiger partial charge is 0.309 e. The molecule has 292 valence electrons. The Morgan fingerprint density at radius 1 is 0.410 bits per heavy atom. The van der Waals surface area contributed by atoms with E-state index in [2.05, 4.69) is 237 Å². The monoisotopic (exact) mass is 781 g/mol. The lowest BCUT2D eigenvalue weighted by atomic mass is 9.79. The SMILES string of the molecule is CC1(C)c2ccccc2-c2ccc(-c3ccccc3C(CCc3ccc(-c4ccc5c(c4)c4ccccc4n5-c4ccccc4)cc3)c3ccc(-c4ccccc4)cc3)cc21. The molecule has 0 fully saturated rings. The van der Waals surface area contributed by atoms with Crippen LogP contribution in [-0.2, 0) is 11.8 Å². The van der Waals surface area contributed by atoms with Crippen LogP contribution in [-0.4, -0.2) is 4.57 Å². The smallest absolute Gasteiger partial charge is 0.0541 e. The fourth-order valence-electron chi connectivity index (χ4n) is 10.2. The summed E-state index contributed by atoms with van der Waals surface area (Å²) in [6, 6.07) is 81.0. The van der Waals surface area contributed by atoms with Gasteiger partial charge in [0.25, 0.3) is 0 Å². The van der Waals surface area contributed by atoms with Crippen LogP contribution in [0, 0.1) is 0 Å². The molecule has 1 unspecified atom stereocenters. The lowest BCUT2D eigenvalue weighted by Crippen LogP contribution is -2.15. The molecule has 0 saturated carbocycles. The van der Waals surface area contributed by atoms with E-state index in [1.165, 1.54) is 99.8 Å². The molecule has 9 aromatic carbocycles. The van der Waals surface area contributed by atoms with Crippen LogP contribution in [0.2, 0.25) is 0 Å². The van der Waals surface area contributed by atoms with Gasteiger partial charge < -0.3 is 4.57 Å². The second kappa shape index (κ2) is 15.1. The number of aryl methyl sites for hydroxylation is 1. The van der Waals surface area contributed by atoms with Crippen molar-refractivity contribution in [1.29, 1.82) is 0 Å².